The van der Waals surface area contributed by atoms with Crippen LogP contribution in [0.4, 0.5) is 0 Å². The van der Waals surface area contributed by atoms with Gasteiger partial charge in [0.2, 0.25) is 0 Å². The van der Waals surface area contributed by atoms with Crippen LogP contribution >= 0.6 is 0 Å². The fourth-order valence-corrected chi connectivity index (χ4v) is 5.53. The summed E-state index contributed by atoms with van der Waals surface area (Å²) in [5, 5.41) is 2.18. The first-order valence-electron chi connectivity index (χ1n) is 19.7. The first-order chi connectivity index (χ1) is 25.7. The van der Waals surface area contributed by atoms with E-state index in [1.807, 2.05) is 36.4 Å². The third-order valence-electron chi connectivity index (χ3n) is 7.27. The van der Waals surface area contributed by atoms with Gasteiger partial charge in [-0.2, -0.15) is 0 Å². The van der Waals surface area contributed by atoms with E-state index in [0.717, 1.165) is 10.8 Å². The highest BCUT2D eigenvalue weighted by molar-refractivity contribution is 6.24. The van der Waals surface area contributed by atoms with Gasteiger partial charge in [-0.25, -0.2) is 0 Å². The van der Waals surface area contributed by atoms with Crippen molar-refractivity contribution in [3.05, 3.63) is 157 Å². The van der Waals surface area contributed by atoms with Crippen LogP contribution in [0.2, 0.25) is 0 Å². The second-order valence-electron chi connectivity index (χ2n) is 9.43. The molecular formula is C40H26. The molecule has 0 spiro atoms. The summed E-state index contributed by atoms with van der Waals surface area (Å²) in [4.78, 5) is 0. The van der Waals surface area contributed by atoms with E-state index in [2.05, 4.69) is 0 Å². The second-order valence-corrected chi connectivity index (χ2v) is 9.43. The lowest BCUT2D eigenvalue weighted by Crippen LogP contribution is -1.92. The summed E-state index contributed by atoms with van der Waals surface area (Å²) in [6, 6.07) is 13.7. The summed E-state index contributed by atoms with van der Waals surface area (Å²) in [6.45, 7) is 0. The van der Waals surface area contributed by atoms with Crippen LogP contribution in [-0.2, 0) is 0 Å². The normalized spacial score (nSPS) is 16.4. The fraction of sp³-hybridized carbons (Fsp3) is 0. The van der Waals surface area contributed by atoms with Gasteiger partial charge in [0.15, 0.2) is 0 Å². The molecule has 0 heterocycles. The van der Waals surface area contributed by atoms with Gasteiger partial charge in [0.25, 0.3) is 0 Å². The van der Waals surface area contributed by atoms with Crippen LogP contribution in [0, 0.1) is 0 Å². The summed E-state index contributed by atoms with van der Waals surface area (Å²) in [5.74, 6) is 0. The van der Waals surface area contributed by atoms with E-state index in [9.17, 15) is 5.48 Å². The van der Waals surface area contributed by atoms with Gasteiger partial charge in [0, 0.05) is 0 Å². The van der Waals surface area contributed by atoms with Gasteiger partial charge >= 0.3 is 0 Å². The molecule has 0 aromatic heterocycles. The highest BCUT2D eigenvalue weighted by Gasteiger charge is 2.18. The molecule has 0 aliphatic heterocycles. The number of benzene rings is 8. The van der Waals surface area contributed by atoms with Crippen molar-refractivity contribution < 1.29 is 19.2 Å². The molecule has 0 atom stereocenters. The molecule has 0 aliphatic carbocycles. The van der Waals surface area contributed by atoms with Crippen LogP contribution < -0.4 is 0 Å². The van der Waals surface area contributed by atoms with E-state index >= 15 is 0 Å². The maximum Gasteiger partial charge on any atom is 0.0629 e. The summed E-state index contributed by atoms with van der Waals surface area (Å²) in [5.41, 5.74) is 0.436. The lowest BCUT2D eigenvalue weighted by molar-refractivity contribution is 1.65. The zero-order valence-corrected chi connectivity index (χ0v) is 20.9. The van der Waals surface area contributed by atoms with Gasteiger partial charge in [0.05, 0.1) is 19.2 Å². The summed E-state index contributed by atoms with van der Waals surface area (Å²) >= 11 is 0. The maximum absolute atomic E-state index is 9.35. The smallest absolute Gasteiger partial charge is 0.0622 e. The van der Waals surface area contributed by atoms with Crippen LogP contribution in [0.15, 0.2) is 157 Å². The van der Waals surface area contributed by atoms with E-state index in [-0.39, 0.29) is 72.2 Å². The SMILES string of the molecule is [2H]c1cc2c(-c3ccc4ccccc4c3)c([2H])c([2H])c([2H])c2c(-c2c3ccccc3c(-c3c([2H])c([2H])c([2H])c([2H])c3[2H])c3c([2H])c([2H])c([2H])c([2H])c23)c1[2H]. The Balaban J connectivity index is 1.65. The molecule has 8 aromatic carbocycles. The van der Waals surface area contributed by atoms with E-state index in [0.29, 0.717) is 5.56 Å². The molecule has 0 radical (unpaired) electrons. The Kier molecular flexibility index (Phi) is 2.94. The lowest BCUT2D eigenvalue weighted by atomic mass is 9.84. The first kappa shape index (κ1) is 12.8. The van der Waals surface area contributed by atoms with E-state index in [4.69, 9.17) is 13.7 Å². The predicted octanol–water partition coefficient (Wildman–Crippen LogP) is 11.3. The summed E-state index contributed by atoms with van der Waals surface area (Å²) in [6.07, 6.45) is 0. The number of hydrogen-bond acceptors (Lipinski definition) is 0. The highest BCUT2D eigenvalue weighted by atomic mass is 14.2. The number of hydrogen-bond donors (Lipinski definition) is 0. The monoisotopic (exact) mass is 520 g/mol. The third kappa shape index (κ3) is 3.54. The molecule has 0 saturated carbocycles. The van der Waals surface area contributed by atoms with Gasteiger partial charge in [-0.1, -0.05) is 151 Å². The summed E-state index contributed by atoms with van der Waals surface area (Å²) in [7, 11) is 0. The van der Waals surface area contributed by atoms with Crippen molar-refractivity contribution in [2.45, 2.75) is 0 Å². The van der Waals surface area contributed by atoms with Crippen molar-refractivity contribution in [1.82, 2.24) is 0 Å². The van der Waals surface area contributed by atoms with Crippen LogP contribution in [0.1, 0.15) is 19.2 Å². The quantitative estimate of drug-likeness (QED) is 0.203. The minimum Gasteiger partial charge on any atom is -0.0622 e. The van der Waals surface area contributed by atoms with Gasteiger partial charge in [-0.3, -0.25) is 0 Å². The van der Waals surface area contributed by atoms with E-state index in [1.54, 1.807) is 30.3 Å². The molecule has 186 valence electrons. The van der Waals surface area contributed by atoms with Crippen LogP contribution in [-0.4, -0.2) is 0 Å². The Morgan fingerprint density at radius 3 is 1.82 bits per heavy atom. The second kappa shape index (κ2) is 9.22. The van der Waals surface area contributed by atoms with E-state index < -0.39 is 72.5 Å². The van der Waals surface area contributed by atoms with Crippen LogP contribution in [0.3, 0.4) is 0 Å². The molecule has 0 heteroatoms. The Morgan fingerprint density at radius 2 is 1.00 bits per heavy atom. The van der Waals surface area contributed by atoms with Gasteiger partial charge in [-0.15, -0.1) is 0 Å². The van der Waals surface area contributed by atoms with Gasteiger partial charge < -0.3 is 0 Å². The minimum absolute atomic E-state index is 0.0228. The van der Waals surface area contributed by atoms with Gasteiger partial charge in [-0.05, 0) is 82.5 Å². The topological polar surface area (TPSA) is 0 Å². The Bertz CT molecular complexity index is 2960. The zero-order valence-electron chi connectivity index (χ0n) is 34.9. The van der Waals surface area contributed by atoms with Crippen molar-refractivity contribution >= 4 is 43.1 Å². The van der Waals surface area contributed by atoms with Crippen LogP contribution in [0.25, 0.3) is 76.5 Å². The molecule has 8 aromatic rings. The third-order valence-corrected chi connectivity index (χ3v) is 7.27. The highest BCUT2D eigenvalue weighted by Crippen LogP contribution is 2.46. The van der Waals surface area contributed by atoms with Crippen molar-refractivity contribution in [2.24, 2.45) is 0 Å². The molecule has 0 nitrogen and oxygen atoms in total. The first-order valence-corrected chi connectivity index (χ1v) is 12.7. The minimum atomic E-state index is -0.639. The maximum atomic E-state index is 9.35. The van der Waals surface area contributed by atoms with Crippen molar-refractivity contribution in [2.75, 3.05) is 0 Å². The largest absolute Gasteiger partial charge is 0.0629 e. The number of fused-ring (bicyclic) bond motifs is 4. The molecule has 0 saturated heterocycles. The molecular weight excluding hydrogens is 480 g/mol. The molecule has 0 aliphatic rings. The molecule has 0 unspecified atom stereocenters. The standard InChI is InChI=1S/C40H26/c1-2-13-28(14-3-1)39-35-16-6-8-18-37(35)40(38-19-9-7-17-36(38)39)34-23-11-21-32-31(20-10-22-33(32)34)30-25-24-27-12-4-5-15-29(27)26-30/h1-26H/i1D,2D,3D,6D,8D,10D,11D,13D,14D,16D,18D,20D,22D,23D. The molecule has 8 rings (SSSR count). The fourth-order valence-electron chi connectivity index (χ4n) is 5.53. The molecule has 0 N–H and O–H groups in total. The van der Waals surface area contributed by atoms with E-state index in [1.165, 1.54) is 6.07 Å². The Morgan fingerprint density at radius 1 is 0.350 bits per heavy atom. The summed E-state index contributed by atoms with van der Waals surface area (Å²) < 4.78 is 124. The predicted molar refractivity (Wildman–Crippen MR) is 173 cm³/mol. The molecule has 40 heavy (non-hydrogen) atoms. The van der Waals surface area contributed by atoms with Crippen molar-refractivity contribution in [3.63, 3.8) is 0 Å². The molecule has 0 bridgehead atoms. The van der Waals surface area contributed by atoms with Crippen molar-refractivity contribution in [3.8, 4) is 33.4 Å². The average Bonchev–Trinajstić information content (AvgIpc) is 3.17. The Hall–Kier alpha value is -5.20. The molecule has 0 amide bonds. The zero-order chi connectivity index (χ0) is 38.7. The Labute approximate surface area is 253 Å². The van der Waals surface area contributed by atoms with Crippen molar-refractivity contribution in [1.29, 1.82) is 0 Å². The van der Waals surface area contributed by atoms with Gasteiger partial charge in [0.1, 0.15) is 0 Å². The number of rotatable bonds is 3. The molecule has 0 fully saturated rings. The average molecular weight is 521 g/mol. The lowest BCUT2D eigenvalue weighted by Gasteiger charge is -2.19. The van der Waals surface area contributed by atoms with Crippen LogP contribution in [0.5, 0.6) is 0 Å².